The second-order valence-corrected chi connectivity index (χ2v) is 6.20. The number of nitrogens with one attached hydrogen (secondary N) is 1. The van der Waals surface area contributed by atoms with E-state index in [4.69, 9.17) is 0 Å². The van der Waals surface area contributed by atoms with Crippen LogP contribution < -0.4 is 10.2 Å². The molecular formula is C17H21N3. The van der Waals surface area contributed by atoms with Crippen LogP contribution in [0.5, 0.6) is 0 Å². The zero-order valence-electron chi connectivity index (χ0n) is 11.9. The summed E-state index contributed by atoms with van der Waals surface area (Å²) in [5.74, 6) is 0.901. The maximum Gasteiger partial charge on any atom is 0.0722 e. The molecule has 2 unspecified atom stereocenters. The first-order valence-electron chi connectivity index (χ1n) is 7.67. The van der Waals surface area contributed by atoms with Crippen LogP contribution in [-0.2, 0) is 0 Å². The molecule has 0 bridgehead atoms. The molecule has 1 N–H and O–H groups in total. The van der Waals surface area contributed by atoms with E-state index < -0.39 is 0 Å². The van der Waals surface area contributed by atoms with Crippen LogP contribution in [0.2, 0.25) is 0 Å². The van der Waals surface area contributed by atoms with Gasteiger partial charge in [0.2, 0.25) is 0 Å². The molecule has 104 valence electrons. The smallest absolute Gasteiger partial charge is 0.0722 e. The quantitative estimate of drug-likeness (QED) is 0.907. The highest BCUT2D eigenvalue weighted by atomic mass is 15.2. The van der Waals surface area contributed by atoms with Crippen molar-refractivity contribution in [2.24, 2.45) is 5.92 Å². The third kappa shape index (κ3) is 2.06. The molecule has 3 heteroatoms. The van der Waals surface area contributed by atoms with Crippen molar-refractivity contribution in [2.45, 2.75) is 31.8 Å². The van der Waals surface area contributed by atoms with Crippen molar-refractivity contribution in [3.8, 4) is 0 Å². The van der Waals surface area contributed by atoms with E-state index in [0.29, 0.717) is 12.1 Å². The van der Waals surface area contributed by atoms with Crippen molar-refractivity contribution >= 4 is 16.6 Å². The molecule has 1 aliphatic heterocycles. The molecule has 1 aromatic heterocycles. The lowest BCUT2D eigenvalue weighted by atomic mass is 10.0. The fourth-order valence-corrected chi connectivity index (χ4v) is 3.38. The predicted octanol–water partition coefficient (Wildman–Crippen LogP) is 2.81. The zero-order chi connectivity index (χ0) is 13.5. The van der Waals surface area contributed by atoms with Crippen LogP contribution in [-0.4, -0.2) is 30.2 Å². The number of benzene rings is 1. The van der Waals surface area contributed by atoms with Crippen molar-refractivity contribution in [1.29, 1.82) is 0 Å². The minimum absolute atomic E-state index is 0.538. The Bertz CT molecular complexity index is 615. The zero-order valence-corrected chi connectivity index (χ0v) is 11.9. The Morgan fingerprint density at radius 1 is 1.20 bits per heavy atom. The van der Waals surface area contributed by atoms with E-state index in [1.807, 2.05) is 12.3 Å². The van der Waals surface area contributed by atoms with Crippen LogP contribution in [0.4, 0.5) is 5.69 Å². The number of hydrogen-bond acceptors (Lipinski definition) is 3. The molecule has 2 atom stereocenters. The van der Waals surface area contributed by atoms with Gasteiger partial charge >= 0.3 is 0 Å². The van der Waals surface area contributed by atoms with Crippen LogP contribution in [0.3, 0.4) is 0 Å². The number of rotatable bonds is 2. The Kier molecular flexibility index (Phi) is 2.88. The molecule has 2 aliphatic rings. The molecule has 3 nitrogen and oxygen atoms in total. The number of pyridine rings is 1. The van der Waals surface area contributed by atoms with Gasteiger partial charge in [-0.2, -0.15) is 0 Å². The molecule has 2 fully saturated rings. The van der Waals surface area contributed by atoms with E-state index in [1.165, 1.54) is 23.9 Å². The molecule has 2 aromatic rings. The first-order valence-corrected chi connectivity index (χ1v) is 7.67. The van der Waals surface area contributed by atoms with Gasteiger partial charge in [0.05, 0.1) is 5.52 Å². The molecule has 1 aliphatic carbocycles. The van der Waals surface area contributed by atoms with Crippen molar-refractivity contribution < 1.29 is 0 Å². The first-order chi connectivity index (χ1) is 9.83. The summed E-state index contributed by atoms with van der Waals surface area (Å²) in [7, 11) is 0. The van der Waals surface area contributed by atoms with Gasteiger partial charge in [-0.25, -0.2) is 0 Å². The molecule has 0 amide bonds. The van der Waals surface area contributed by atoms with E-state index in [0.717, 1.165) is 24.5 Å². The second kappa shape index (κ2) is 4.74. The van der Waals surface area contributed by atoms with Crippen LogP contribution >= 0.6 is 0 Å². The Labute approximate surface area is 120 Å². The van der Waals surface area contributed by atoms with Crippen molar-refractivity contribution in [3.05, 3.63) is 36.5 Å². The number of piperazine rings is 1. The summed E-state index contributed by atoms with van der Waals surface area (Å²) >= 11 is 0. The number of aromatic nitrogens is 1. The number of nitrogens with zero attached hydrogens (tertiary/aromatic N) is 2. The normalized spacial score (nSPS) is 26.9. The van der Waals surface area contributed by atoms with Gasteiger partial charge in [-0.1, -0.05) is 6.07 Å². The Balaban J connectivity index is 1.72. The monoisotopic (exact) mass is 267 g/mol. The lowest BCUT2D eigenvalue weighted by molar-refractivity contribution is 0.376. The molecule has 4 rings (SSSR count). The maximum absolute atomic E-state index is 4.49. The van der Waals surface area contributed by atoms with Gasteiger partial charge in [0.15, 0.2) is 0 Å². The van der Waals surface area contributed by atoms with E-state index in [-0.39, 0.29) is 0 Å². The number of hydrogen-bond donors (Lipinski definition) is 1. The van der Waals surface area contributed by atoms with Gasteiger partial charge in [-0.15, -0.1) is 0 Å². The summed E-state index contributed by atoms with van der Waals surface area (Å²) in [5, 5.41) is 5.00. The molecular weight excluding hydrogens is 246 g/mol. The van der Waals surface area contributed by atoms with Gasteiger partial charge in [0, 0.05) is 42.4 Å². The van der Waals surface area contributed by atoms with E-state index in [2.05, 4.69) is 46.4 Å². The predicted molar refractivity (Wildman–Crippen MR) is 83.1 cm³/mol. The minimum Gasteiger partial charge on any atom is -0.365 e. The summed E-state index contributed by atoms with van der Waals surface area (Å²) in [6, 6.07) is 11.9. The highest BCUT2D eigenvalue weighted by molar-refractivity contribution is 5.91. The minimum atomic E-state index is 0.538. The average Bonchev–Trinajstić information content (AvgIpc) is 3.32. The summed E-state index contributed by atoms with van der Waals surface area (Å²) in [6.07, 6.45) is 4.67. The van der Waals surface area contributed by atoms with E-state index >= 15 is 0 Å². The number of anilines is 1. The van der Waals surface area contributed by atoms with Crippen LogP contribution in [0.15, 0.2) is 36.5 Å². The molecule has 20 heavy (non-hydrogen) atoms. The molecule has 1 aromatic carbocycles. The lowest BCUT2D eigenvalue weighted by Gasteiger charge is -2.41. The van der Waals surface area contributed by atoms with Gasteiger partial charge in [0.25, 0.3) is 0 Å². The summed E-state index contributed by atoms with van der Waals surface area (Å²) < 4.78 is 0. The average molecular weight is 267 g/mol. The molecule has 1 saturated carbocycles. The van der Waals surface area contributed by atoms with Crippen LogP contribution in [0.25, 0.3) is 10.9 Å². The summed E-state index contributed by atoms with van der Waals surface area (Å²) in [5.41, 5.74) is 2.44. The molecule has 2 heterocycles. The Morgan fingerprint density at radius 3 is 2.95 bits per heavy atom. The Hall–Kier alpha value is -1.61. The van der Waals surface area contributed by atoms with Crippen molar-refractivity contribution in [1.82, 2.24) is 10.3 Å². The first kappa shape index (κ1) is 12.2. The highest BCUT2D eigenvalue weighted by Crippen LogP contribution is 2.36. The van der Waals surface area contributed by atoms with Crippen LogP contribution in [0.1, 0.15) is 19.8 Å². The standard InChI is InChI=1S/C17H21N3/c1-12-10-19-16(13-7-8-13)11-20(12)17-6-2-5-15-14(17)4-3-9-18-15/h2-6,9,12-13,16,19H,7-8,10-11H2,1H3. The van der Waals surface area contributed by atoms with Gasteiger partial charge in [0.1, 0.15) is 0 Å². The SMILES string of the molecule is CC1CNC(C2CC2)CN1c1cccc2ncccc12. The molecule has 0 radical (unpaired) electrons. The maximum atomic E-state index is 4.49. The molecule has 1 saturated heterocycles. The highest BCUT2D eigenvalue weighted by Gasteiger charge is 2.36. The summed E-state index contributed by atoms with van der Waals surface area (Å²) in [6.45, 7) is 4.52. The fourth-order valence-electron chi connectivity index (χ4n) is 3.38. The van der Waals surface area contributed by atoms with Gasteiger partial charge < -0.3 is 10.2 Å². The summed E-state index contributed by atoms with van der Waals surface area (Å²) in [4.78, 5) is 7.06. The van der Waals surface area contributed by atoms with Crippen molar-refractivity contribution in [3.63, 3.8) is 0 Å². The Morgan fingerprint density at radius 2 is 2.10 bits per heavy atom. The second-order valence-electron chi connectivity index (χ2n) is 6.20. The third-order valence-corrected chi connectivity index (χ3v) is 4.72. The molecule has 0 spiro atoms. The van der Waals surface area contributed by atoms with Crippen molar-refractivity contribution in [2.75, 3.05) is 18.0 Å². The van der Waals surface area contributed by atoms with Gasteiger partial charge in [-0.05, 0) is 49.9 Å². The van der Waals surface area contributed by atoms with E-state index in [9.17, 15) is 0 Å². The lowest BCUT2D eigenvalue weighted by Crippen LogP contribution is -2.56. The van der Waals surface area contributed by atoms with E-state index in [1.54, 1.807) is 0 Å². The topological polar surface area (TPSA) is 28.2 Å². The fraction of sp³-hybridized carbons (Fsp3) is 0.471. The third-order valence-electron chi connectivity index (χ3n) is 4.72. The van der Waals surface area contributed by atoms with Gasteiger partial charge in [-0.3, -0.25) is 4.98 Å². The largest absolute Gasteiger partial charge is 0.365 e. The number of fused-ring (bicyclic) bond motifs is 1. The van der Waals surface area contributed by atoms with Crippen LogP contribution in [0, 0.1) is 5.92 Å².